The maximum Gasteiger partial charge on any atom is 0.165 e. The summed E-state index contributed by atoms with van der Waals surface area (Å²) in [6, 6.07) is 67.9. The molecule has 0 N–H and O–H groups in total. The molecule has 0 radical (unpaired) electrons. The van der Waals surface area contributed by atoms with Gasteiger partial charge in [0.2, 0.25) is 0 Å². The lowest BCUT2D eigenvalue weighted by Crippen LogP contribution is -2.01. The van der Waals surface area contributed by atoms with Crippen molar-refractivity contribution >= 4 is 10.8 Å². The number of fused-ring (bicyclic) bond motifs is 1. The van der Waals surface area contributed by atoms with Crippen molar-refractivity contribution in [1.82, 2.24) is 29.9 Å². The van der Waals surface area contributed by atoms with E-state index in [1.807, 2.05) is 170 Å². The van der Waals surface area contributed by atoms with Gasteiger partial charge in [0.1, 0.15) is 0 Å². The van der Waals surface area contributed by atoms with Gasteiger partial charge >= 0.3 is 0 Å². The normalized spacial score (nSPS) is 10.9. The third-order valence-corrected chi connectivity index (χ3v) is 10.7. The van der Waals surface area contributed by atoms with Gasteiger partial charge in [-0.2, -0.15) is 10.5 Å². The van der Waals surface area contributed by atoms with E-state index < -0.39 is 0 Å². The number of rotatable bonds is 8. The second-order valence-corrected chi connectivity index (χ2v) is 14.5. The summed E-state index contributed by atoms with van der Waals surface area (Å²) in [5.41, 5.74) is 9.20. The summed E-state index contributed by atoms with van der Waals surface area (Å²) < 4.78 is 0. The Labute approximate surface area is 357 Å². The monoisotopic (exact) mass is 792 g/mol. The minimum absolute atomic E-state index is 0.419. The minimum Gasteiger partial charge on any atom is -0.208 e. The number of hydrogen-bond donors (Lipinski definition) is 0. The van der Waals surface area contributed by atoms with Gasteiger partial charge < -0.3 is 0 Å². The molecular weight excluding hydrogens is 761 g/mol. The van der Waals surface area contributed by atoms with Gasteiger partial charge in [0, 0.05) is 33.4 Å². The number of hydrogen-bond acceptors (Lipinski definition) is 8. The molecule has 8 nitrogen and oxygen atoms in total. The van der Waals surface area contributed by atoms with Crippen LogP contribution in [-0.2, 0) is 0 Å². The van der Waals surface area contributed by atoms with Crippen molar-refractivity contribution in [2.24, 2.45) is 0 Å². The molecule has 0 saturated carbocycles. The summed E-state index contributed by atoms with van der Waals surface area (Å²) in [5, 5.41) is 23.1. The van der Waals surface area contributed by atoms with E-state index in [1.165, 1.54) is 0 Å². The minimum atomic E-state index is 0.419. The third-order valence-electron chi connectivity index (χ3n) is 10.7. The third kappa shape index (κ3) is 7.21. The average molecular weight is 793 g/mol. The fourth-order valence-electron chi connectivity index (χ4n) is 7.67. The molecule has 288 valence electrons. The first kappa shape index (κ1) is 37.3. The van der Waals surface area contributed by atoms with E-state index in [-0.39, 0.29) is 0 Å². The molecule has 10 aromatic rings. The molecule has 0 saturated heterocycles. The van der Waals surface area contributed by atoms with Gasteiger partial charge in [-0.15, -0.1) is 0 Å². The molecule has 2 aromatic heterocycles. The van der Waals surface area contributed by atoms with Crippen molar-refractivity contribution in [3.8, 4) is 103 Å². The molecule has 0 fully saturated rings. The highest BCUT2D eigenvalue weighted by atomic mass is 15.0. The predicted octanol–water partition coefficient (Wildman–Crippen LogP) is 12.3. The summed E-state index contributed by atoms with van der Waals surface area (Å²) in [6.07, 6.45) is 0. The molecular formula is C54H32N8. The van der Waals surface area contributed by atoms with Crippen LogP contribution in [0.4, 0.5) is 0 Å². The van der Waals surface area contributed by atoms with Crippen LogP contribution < -0.4 is 0 Å². The molecule has 0 bridgehead atoms. The van der Waals surface area contributed by atoms with E-state index in [2.05, 4.69) is 36.4 Å². The maximum atomic E-state index is 10.6. The van der Waals surface area contributed by atoms with Crippen molar-refractivity contribution in [2.75, 3.05) is 0 Å². The largest absolute Gasteiger partial charge is 0.208 e. The summed E-state index contributed by atoms with van der Waals surface area (Å²) in [7, 11) is 0. The van der Waals surface area contributed by atoms with Gasteiger partial charge in [0.05, 0.1) is 23.3 Å². The number of nitrogens with zero attached hydrogens (tertiary/aromatic N) is 8. The Morgan fingerprint density at radius 2 is 0.565 bits per heavy atom. The van der Waals surface area contributed by atoms with Gasteiger partial charge in [-0.3, -0.25) is 0 Å². The second kappa shape index (κ2) is 16.3. The Morgan fingerprint density at radius 3 is 0.871 bits per heavy atom. The lowest BCUT2D eigenvalue weighted by atomic mass is 9.90. The Hall–Kier alpha value is -8.98. The zero-order chi connectivity index (χ0) is 41.8. The van der Waals surface area contributed by atoms with Crippen molar-refractivity contribution in [1.29, 1.82) is 10.5 Å². The summed E-state index contributed by atoms with van der Waals surface area (Å²) >= 11 is 0. The van der Waals surface area contributed by atoms with Crippen LogP contribution in [0.2, 0.25) is 0 Å². The van der Waals surface area contributed by atoms with Gasteiger partial charge in [0.15, 0.2) is 34.9 Å². The Balaban J connectivity index is 1.04. The molecule has 0 unspecified atom stereocenters. The molecule has 0 aliphatic carbocycles. The van der Waals surface area contributed by atoms with Crippen LogP contribution in [0, 0.1) is 22.7 Å². The van der Waals surface area contributed by atoms with Crippen LogP contribution in [0.25, 0.3) is 101 Å². The van der Waals surface area contributed by atoms with Gasteiger partial charge in [-0.05, 0) is 57.3 Å². The number of aromatic nitrogens is 6. The van der Waals surface area contributed by atoms with Crippen molar-refractivity contribution in [3.63, 3.8) is 0 Å². The predicted molar refractivity (Wildman–Crippen MR) is 244 cm³/mol. The number of nitriles is 2. The highest BCUT2D eigenvalue weighted by Crippen LogP contribution is 2.38. The zero-order valence-electron chi connectivity index (χ0n) is 33.1. The first-order valence-corrected chi connectivity index (χ1v) is 20.0. The quantitative estimate of drug-likeness (QED) is 0.149. The highest BCUT2D eigenvalue weighted by molar-refractivity contribution is 6.05. The van der Waals surface area contributed by atoms with Crippen LogP contribution in [0.5, 0.6) is 0 Å². The Bertz CT molecular complexity index is 3020. The van der Waals surface area contributed by atoms with Gasteiger partial charge in [-0.25, -0.2) is 29.9 Å². The first-order chi connectivity index (χ1) is 30.6. The van der Waals surface area contributed by atoms with Gasteiger partial charge in [0.25, 0.3) is 0 Å². The average Bonchev–Trinajstić information content (AvgIpc) is 3.36. The van der Waals surface area contributed by atoms with Crippen molar-refractivity contribution < 1.29 is 0 Å². The van der Waals surface area contributed by atoms with Crippen molar-refractivity contribution in [3.05, 3.63) is 205 Å². The van der Waals surface area contributed by atoms with E-state index >= 15 is 0 Å². The molecule has 2 heterocycles. The molecule has 0 atom stereocenters. The molecule has 62 heavy (non-hydrogen) atoms. The SMILES string of the molecule is N#Cc1cc(-c2cccc3c(-c4ccc(-c5nc(-c6ccccc6)nc(-c6ccccc6)n5)c(C#N)c4)cccc23)ccc1-c1nc(-c2ccccc2)nc(-c2ccccc2)n1. The van der Waals surface area contributed by atoms with Crippen LogP contribution >= 0.6 is 0 Å². The molecule has 8 heteroatoms. The Morgan fingerprint density at radius 1 is 0.258 bits per heavy atom. The molecule has 8 aromatic carbocycles. The Kier molecular flexibility index (Phi) is 9.83. The lowest BCUT2D eigenvalue weighted by Gasteiger charge is -2.14. The number of benzene rings is 8. The smallest absolute Gasteiger partial charge is 0.165 e. The topological polar surface area (TPSA) is 125 Å². The highest BCUT2D eigenvalue weighted by Gasteiger charge is 2.19. The lowest BCUT2D eigenvalue weighted by molar-refractivity contribution is 1.07. The van der Waals surface area contributed by atoms with E-state index in [4.69, 9.17) is 29.9 Å². The molecule has 0 amide bonds. The van der Waals surface area contributed by atoms with E-state index in [0.29, 0.717) is 57.2 Å². The fourth-order valence-corrected chi connectivity index (χ4v) is 7.67. The van der Waals surface area contributed by atoms with E-state index in [1.54, 1.807) is 0 Å². The summed E-state index contributed by atoms with van der Waals surface area (Å²) in [5.74, 6) is 2.94. The van der Waals surface area contributed by atoms with Crippen LogP contribution in [-0.4, -0.2) is 29.9 Å². The maximum absolute atomic E-state index is 10.6. The van der Waals surface area contributed by atoms with Crippen LogP contribution in [0.3, 0.4) is 0 Å². The summed E-state index contributed by atoms with van der Waals surface area (Å²) in [6.45, 7) is 0. The van der Waals surface area contributed by atoms with Crippen molar-refractivity contribution in [2.45, 2.75) is 0 Å². The van der Waals surface area contributed by atoms with Crippen LogP contribution in [0.1, 0.15) is 11.1 Å². The standard InChI is InChI=1S/C54H32N8/c55-33-41-31-39(27-29-45(41)53-59-49(35-15-5-1-6-16-35)57-50(60-53)36-17-7-2-8-18-36)43-23-13-26-48-44(24-14-25-47(43)48)40-28-30-46(42(32-40)34-56)54-61-51(37-19-9-3-10-20-37)58-52(62-54)38-21-11-4-12-22-38/h1-32H. The second-order valence-electron chi connectivity index (χ2n) is 14.5. The zero-order valence-corrected chi connectivity index (χ0v) is 33.1. The van der Waals surface area contributed by atoms with Gasteiger partial charge in [-0.1, -0.05) is 170 Å². The van der Waals surface area contributed by atoms with Crippen LogP contribution in [0.15, 0.2) is 194 Å². The molecule has 0 spiro atoms. The molecule has 0 aliphatic heterocycles. The fraction of sp³-hybridized carbons (Fsp3) is 0. The molecule has 10 rings (SSSR count). The van der Waals surface area contributed by atoms with E-state index in [0.717, 1.165) is 55.3 Å². The summed E-state index contributed by atoms with van der Waals surface area (Å²) in [4.78, 5) is 29.1. The van der Waals surface area contributed by atoms with E-state index in [9.17, 15) is 10.5 Å². The molecule has 0 aliphatic rings. The first-order valence-electron chi connectivity index (χ1n) is 20.0.